The van der Waals surface area contributed by atoms with Crippen LogP contribution in [0.3, 0.4) is 0 Å². The van der Waals surface area contributed by atoms with Crippen molar-refractivity contribution in [3.63, 3.8) is 0 Å². The fraction of sp³-hybridized carbons (Fsp3) is 0.667. The van der Waals surface area contributed by atoms with E-state index < -0.39 is 0 Å². The summed E-state index contributed by atoms with van der Waals surface area (Å²) in [6.45, 7) is 5.51. The van der Waals surface area contributed by atoms with Gasteiger partial charge in [-0.3, -0.25) is 4.90 Å². The SMILES string of the molecule is Cl.Cl.Clc1cnc(Cl)c(Cl)c1[C@H](C1CCOCC1)N1CCNCC1. The van der Waals surface area contributed by atoms with Crippen molar-refractivity contribution in [3.05, 3.63) is 27.0 Å². The van der Waals surface area contributed by atoms with Gasteiger partial charge < -0.3 is 10.1 Å². The number of piperazine rings is 1. The number of pyridine rings is 1. The maximum Gasteiger partial charge on any atom is 0.148 e. The third-order valence-electron chi connectivity index (χ3n) is 4.52. The Morgan fingerprint density at radius 2 is 1.75 bits per heavy atom. The lowest BCUT2D eigenvalue weighted by molar-refractivity contribution is 0.0213. The van der Waals surface area contributed by atoms with Gasteiger partial charge >= 0.3 is 0 Å². The van der Waals surface area contributed by atoms with Crippen LogP contribution in [0.5, 0.6) is 0 Å². The van der Waals surface area contributed by atoms with Crippen molar-refractivity contribution in [2.45, 2.75) is 18.9 Å². The first kappa shape index (κ1) is 22.5. The predicted molar refractivity (Wildman–Crippen MR) is 104 cm³/mol. The van der Waals surface area contributed by atoms with Gasteiger partial charge in [-0.25, -0.2) is 4.98 Å². The lowest BCUT2D eigenvalue weighted by Gasteiger charge is -2.41. The molecule has 0 radical (unpaired) electrons. The summed E-state index contributed by atoms with van der Waals surface area (Å²) >= 11 is 19.1. The first-order chi connectivity index (χ1) is 10.7. The number of rotatable bonds is 3. The summed E-state index contributed by atoms with van der Waals surface area (Å²) in [6.07, 6.45) is 3.64. The molecule has 2 fully saturated rings. The summed E-state index contributed by atoms with van der Waals surface area (Å²) in [5, 5.41) is 4.81. The van der Waals surface area contributed by atoms with Gasteiger partial charge in [-0.15, -0.1) is 24.8 Å². The van der Waals surface area contributed by atoms with E-state index in [9.17, 15) is 0 Å². The molecule has 2 saturated heterocycles. The van der Waals surface area contributed by atoms with E-state index in [1.807, 2.05) is 0 Å². The van der Waals surface area contributed by atoms with Gasteiger partial charge in [-0.2, -0.15) is 0 Å². The number of ether oxygens (including phenoxy) is 1. The molecule has 0 bridgehead atoms. The molecule has 0 unspecified atom stereocenters. The monoisotopic (exact) mass is 435 g/mol. The van der Waals surface area contributed by atoms with Crippen molar-refractivity contribution < 1.29 is 4.74 Å². The molecule has 0 aromatic carbocycles. The highest BCUT2D eigenvalue weighted by Gasteiger charge is 2.34. The first-order valence-corrected chi connectivity index (χ1v) is 8.83. The summed E-state index contributed by atoms with van der Waals surface area (Å²) < 4.78 is 5.52. The molecule has 0 aliphatic carbocycles. The Morgan fingerprint density at radius 1 is 1.12 bits per heavy atom. The quantitative estimate of drug-likeness (QED) is 0.717. The van der Waals surface area contributed by atoms with Gasteiger partial charge in [0, 0.05) is 57.2 Å². The Bertz CT molecular complexity index is 504. The van der Waals surface area contributed by atoms with Crippen LogP contribution in [0.1, 0.15) is 24.4 Å². The van der Waals surface area contributed by atoms with Gasteiger partial charge in [0.05, 0.1) is 10.0 Å². The fourth-order valence-electron chi connectivity index (χ4n) is 3.43. The Morgan fingerprint density at radius 3 is 2.38 bits per heavy atom. The molecule has 138 valence electrons. The number of nitrogens with zero attached hydrogens (tertiary/aromatic N) is 2. The number of halogens is 5. The van der Waals surface area contributed by atoms with Crippen LogP contribution in [0.15, 0.2) is 6.20 Å². The second-order valence-corrected chi connectivity index (χ2v) is 6.95. The zero-order valence-electron chi connectivity index (χ0n) is 13.1. The van der Waals surface area contributed by atoms with Crippen molar-refractivity contribution in [1.82, 2.24) is 15.2 Å². The van der Waals surface area contributed by atoms with E-state index in [1.54, 1.807) is 6.20 Å². The summed E-state index contributed by atoms with van der Waals surface area (Å²) in [5.41, 5.74) is 0.928. The molecule has 24 heavy (non-hydrogen) atoms. The van der Waals surface area contributed by atoms with Crippen LogP contribution in [0.2, 0.25) is 15.2 Å². The molecule has 1 aromatic heterocycles. The van der Waals surface area contributed by atoms with Crippen molar-refractivity contribution in [1.29, 1.82) is 0 Å². The molecule has 3 rings (SSSR count). The van der Waals surface area contributed by atoms with Crippen LogP contribution in [0.25, 0.3) is 0 Å². The fourth-order valence-corrected chi connectivity index (χ4v) is 4.15. The standard InChI is InChI=1S/C15H20Cl3N3O.2ClH/c16-11-9-20-15(18)13(17)12(11)14(10-1-7-22-8-2-10)21-5-3-19-4-6-21;;/h9-10,14,19H,1-8H2;2*1H/t14-;;/m0../s1. The summed E-state index contributed by atoms with van der Waals surface area (Å²) in [4.78, 5) is 6.53. The molecule has 4 nitrogen and oxygen atoms in total. The molecular weight excluding hydrogens is 415 g/mol. The minimum atomic E-state index is 0. The zero-order valence-corrected chi connectivity index (χ0v) is 17.0. The topological polar surface area (TPSA) is 37.4 Å². The van der Waals surface area contributed by atoms with Crippen molar-refractivity contribution in [3.8, 4) is 0 Å². The second-order valence-electron chi connectivity index (χ2n) is 5.81. The van der Waals surface area contributed by atoms with Crippen LogP contribution in [0.4, 0.5) is 0 Å². The van der Waals surface area contributed by atoms with Crippen LogP contribution < -0.4 is 5.32 Å². The van der Waals surface area contributed by atoms with Crippen LogP contribution in [0, 0.1) is 5.92 Å². The minimum absolute atomic E-state index is 0. The van der Waals surface area contributed by atoms with E-state index in [-0.39, 0.29) is 30.9 Å². The van der Waals surface area contributed by atoms with Crippen LogP contribution >= 0.6 is 59.6 Å². The molecule has 0 saturated carbocycles. The average Bonchev–Trinajstić information content (AvgIpc) is 2.57. The highest BCUT2D eigenvalue weighted by Crippen LogP contribution is 2.43. The van der Waals surface area contributed by atoms with E-state index in [0.717, 1.165) is 57.8 Å². The van der Waals surface area contributed by atoms with E-state index in [0.29, 0.717) is 21.1 Å². The van der Waals surface area contributed by atoms with E-state index in [1.165, 1.54) is 0 Å². The van der Waals surface area contributed by atoms with Gasteiger partial charge in [0.1, 0.15) is 5.15 Å². The van der Waals surface area contributed by atoms with Gasteiger partial charge in [0.15, 0.2) is 0 Å². The molecule has 1 aromatic rings. The molecule has 9 heteroatoms. The Hall–Kier alpha value is 0.480. The van der Waals surface area contributed by atoms with E-state index in [4.69, 9.17) is 39.5 Å². The van der Waals surface area contributed by atoms with Crippen LogP contribution in [-0.2, 0) is 4.74 Å². The first-order valence-electron chi connectivity index (χ1n) is 7.70. The summed E-state index contributed by atoms with van der Waals surface area (Å²) in [7, 11) is 0. The molecular formula is C15H22Cl5N3O. The minimum Gasteiger partial charge on any atom is -0.381 e. The van der Waals surface area contributed by atoms with E-state index >= 15 is 0 Å². The third-order valence-corrected chi connectivity index (χ3v) is 5.59. The highest BCUT2D eigenvalue weighted by molar-refractivity contribution is 6.43. The van der Waals surface area contributed by atoms with Crippen molar-refractivity contribution >= 4 is 59.6 Å². The maximum absolute atomic E-state index is 6.48. The Kier molecular flexibility index (Phi) is 9.93. The second kappa shape index (κ2) is 10.6. The van der Waals surface area contributed by atoms with Gasteiger partial charge in [0.25, 0.3) is 0 Å². The smallest absolute Gasteiger partial charge is 0.148 e. The summed E-state index contributed by atoms with van der Waals surface area (Å²) in [5.74, 6) is 0.473. The van der Waals surface area contributed by atoms with Gasteiger partial charge in [-0.1, -0.05) is 34.8 Å². The zero-order chi connectivity index (χ0) is 15.5. The van der Waals surface area contributed by atoms with Crippen LogP contribution in [-0.4, -0.2) is 49.3 Å². The number of aromatic nitrogens is 1. The lowest BCUT2D eigenvalue weighted by Crippen LogP contribution is -2.47. The average molecular weight is 438 g/mol. The molecule has 2 aliphatic rings. The normalized spacial score (nSPS) is 20.8. The molecule has 1 atom stereocenters. The van der Waals surface area contributed by atoms with Gasteiger partial charge in [-0.05, 0) is 18.8 Å². The number of hydrogen-bond donors (Lipinski definition) is 1. The van der Waals surface area contributed by atoms with Crippen molar-refractivity contribution in [2.75, 3.05) is 39.4 Å². The number of nitrogens with one attached hydrogen (secondary N) is 1. The third kappa shape index (κ3) is 5.01. The highest BCUT2D eigenvalue weighted by atomic mass is 35.5. The van der Waals surface area contributed by atoms with E-state index in [2.05, 4.69) is 15.2 Å². The molecule has 0 amide bonds. The predicted octanol–water partition coefficient (Wildman–Crippen LogP) is 4.26. The Labute approximate surface area is 170 Å². The molecule has 1 N–H and O–H groups in total. The molecule has 0 spiro atoms. The Balaban J connectivity index is 0.00000144. The summed E-state index contributed by atoms with van der Waals surface area (Å²) in [6, 6.07) is 0.173. The number of hydrogen-bond acceptors (Lipinski definition) is 4. The largest absolute Gasteiger partial charge is 0.381 e. The van der Waals surface area contributed by atoms with Gasteiger partial charge in [0.2, 0.25) is 0 Å². The van der Waals surface area contributed by atoms with Crippen molar-refractivity contribution in [2.24, 2.45) is 5.92 Å². The lowest BCUT2D eigenvalue weighted by atomic mass is 9.86. The molecule has 2 aliphatic heterocycles. The maximum atomic E-state index is 6.48. The molecule has 3 heterocycles.